The number of hydrogen-bond acceptors (Lipinski definition) is 4. The van der Waals surface area contributed by atoms with Crippen LogP contribution in [-0.2, 0) is 0 Å². The molecule has 0 spiro atoms. The smallest absolute Gasteiger partial charge is 0.223 e. The van der Waals surface area contributed by atoms with Gasteiger partial charge in [0.15, 0.2) is 0 Å². The van der Waals surface area contributed by atoms with Gasteiger partial charge in [0, 0.05) is 25.2 Å². The molecular weight excluding hydrogens is 338 g/mol. The third kappa shape index (κ3) is 3.76. The highest BCUT2D eigenvalue weighted by Gasteiger charge is 2.27. The number of halogens is 1. The Balaban J connectivity index is 0.00000113. The van der Waals surface area contributed by atoms with Crippen molar-refractivity contribution in [1.82, 2.24) is 20.3 Å². The Hall–Kier alpha value is -2.15. The number of hydrogen-bond donors (Lipinski definition) is 3. The fourth-order valence-electron chi connectivity index (χ4n) is 3.48. The molecule has 1 aliphatic heterocycles. The van der Waals surface area contributed by atoms with Crippen LogP contribution in [0.3, 0.4) is 0 Å². The Morgan fingerprint density at radius 1 is 1.12 bits per heavy atom. The Morgan fingerprint density at radius 3 is 2.68 bits per heavy atom. The molecular formula is C18H24ClN5O. The molecule has 134 valence electrons. The molecule has 0 radical (unpaired) electrons. The van der Waals surface area contributed by atoms with Crippen LogP contribution in [0, 0.1) is 0 Å². The summed E-state index contributed by atoms with van der Waals surface area (Å²) in [6.45, 7) is 1.01. The molecule has 1 saturated heterocycles. The van der Waals surface area contributed by atoms with Crippen LogP contribution in [0.25, 0.3) is 11.0 Å². The van der Waals surface area contributed by atoms with Gasteiger partial charge in [-0.05, 0) is 31.0 Å². The molecule has 0 aliphatic carbocycles. The molecule has 0 amide bonds. The van der Waals surface area contributed by atoms with E-state index in [1.54, 1.807) is 0 Å². The van der Waals surface area contributed by atoms with E-state index in [0.29, 0.717) is 17.9 Å². The molecule has 25 heavy (non-hydrogen) atoms. The summed E-state index contributed by atoms with van der Waals surface area (Å²) in [5.41, 5.74) is 4.53. The normalized spacial score (nSPS) is 19.7. The van der Waals surface area contributed by atoms with E-state index in [4.69, 9.17) is 4.98 Å². The minimum atomic E-state index is 0. The summed E-state index contributed by atoms with van der Waals surface area (Å²) < 4.78 is 0. The largest absolute Gasteiger partial charge is 0.412 e. The van der Waals surface area contributed by atoms with Crippen molar-refractivity contribution in [2.75, 3.05) is 18.9 Å². The van der Waals surface area contributed by atoms with E-state index < -0.39 is 0 Å². The minimum Gasteiger partial charge on any atom is -0.412 e. The fourth-order valence-corrected chi connectivity index (χ4v) is 3.48. The highest BCUT2D eigenvalue weighted by atomic mass is 35.5. The third-order valence-corrected chi connectivity index (χ3v) is 4.65. The molecule has 1 fully saturated rings. The van der Waals surface area contributed by atoms with Crippen LogP contribution >= 0.6 is 12.4 Å². The van der Waals surface area contributed by atoms with Gasteiger partial charge in [0.1, 0.15) is 0 Å². The Morgan fingerprint density at radius 2 is 1.92 bits per heavy atom. The molecule has 1 aliphatic rings. The SMILES string of the molecule is CNc1nc(C2CCNC(c3ccccc3)C2)c2[nH]ccc2n1.Cl.O. The van der Waals surface area contributed by atoms with Crippen LogP contribution in [0.4, 0.5) is 5.95 Å². The molecule has 0 saturated carbocycles. The zero-order valence-corrected chi connectivity index (χ0v) is 14.9. The number of piperidine rings is 1. The summed E-state index contributed by atoms with van der Waals surface area (Å²) >= 11 is 0. The van der Waals surface area contributed by atoms with E-state index in [2.05, 4.69) is 50.9 Å². The van der Waals surface area contributed by atoms with Gasteiger partial charge in [-0.25, -0.2) is 9.97 Å². The molecule has 7 heteroatoms. The lowest BCUT2D eigenvalue weighted by molar-refractivity contribution is 0.366. The Bertz CT molecular complexity index is 808. The van der Waals surface area contributed by atoms with Gasteiger partial charge in [0.2, 0.25) is 5.95 Å². The summed E-state index contributed by atoms with van der Waals surface area (Å²) in [5, 5.41) is 6.72. The van der Waals surface area contributed by atoms with Crippen molar-refractivity contribution < 1.29 is 5.48 Å². The molecule has 2 aromatic heterocycles. The standard InChI is InChI=1S/C18H21N5.ClH.H2O/c1-19-18-22-14-8-10-21-17(14)16(23-18)13-7-9-20-15(11-13)12-5-3-2-4-6-12;;/h2-6,8,10,13,15,20-21H,7,9,11H2,1H3,(H,19,22,23);1H;1H2. The quantitative estimate of drug-likeness (QED) is 0.668. The zero-order valence-electron chi connectivity index (χ0n) is 14.1. The maximum absolute atomic E-state index is 4.76. The Labute approximate surface area is 153 Å². The number of benzene rings is 1. The van der Waals surface area contributed by atoms with E-state index in [9.17, 15) is 0 Å². The summed E-state index contributed by atoms with van der Waals surface area (Å²) in [5.74, 6) is 1.12. The fraction of sp³-hybridized carbons (Fsp3) is 0.333. The number of fused-ring (bicyclic) bond motifs is 1. The molecule has 3 aromatic rings. The number of aromatic nitrogens is 3. The lowest BCUT2D eigenvalue weighted by Crippen LogP contribution is -2.31. The van der Waals surface area contributed by atoms with E-state index in [1.165, 1.54) is 5.56 Å². The van der Waals surface area contributed by atoms with E-state index in [1.807, 2.05) is 19.3 Å². The molecule has 1 aromatic carbocycles. The number of nitrogens with one attached hydrogen (secondary N) is 3. The van der Waals surface area contributed by atoms with Gasteiger partial charge in [0.25, 0.3) is 0 Å². The highest BCUT2D eigenvalue weighted by molar-refractivity contribution is 5.85. The van der Waals surface area contributed by atoms with Crippen molar-refractivity contribution in [3.05, 3.63) is 53.9 Å². The lowest BCUT2D eigenvalue weighted by Gasteiger charge is -2.30. The predicted molar refractivity (Wildman–Crippen MR) is 103 cm³/mol. The molecule has 2 atom stereocenters. The molecule has 5 N–H and O–H groups in total. The van der Waals surface area contributed by atoms with Crippen molar-refractivity contribution in [3.63, 3.8) is 0 Å². The van der Waals surface area contributed by atoms with Crippen LogP contribution < -0.4 is 10.6 Å². The summed E-state index contributed by atoms with van der Waals surface area (Å²) in [4.78, 5) is 12.6. The maximum atomic E-state index is 4.76. The maximum Gasteiger partial charge on any atom is 0.223 e. The monoisotopic (exact) mass is 361 g/mol. The van der Waals surface area contributed by atoms with E-state index in [0.717, 1.165) is 36.1 Å². The average Bonchev–Trinajstić information content (AvgIpc) is 3.10. The van der Waals surface area contributed by atoms with Crippen LogP contribution in [0.5, 0.6) is 0 Å². The van der Waals surface area contributed by atoms with Gasteiger partial charge in [-0.3, -0.25) is 0 Å². The van der Waals surface area contributed by atoms with Crippen LogP contribution in [0.1, 0.15) is 36.1 Å². The second-order valence-corrected chi connectivity index (χ2v) is 6.06. The number of nitrogens with zero attached hydrogens (tertiary/aromatic N) is 2. The number of aromatic amines is 1. The summed E-state index contributed by atoms with van der Waals surface area (Å²) in [6, 6.07) is 13.1. The minimum absolute atomic E-state index is 0. The summed E-state index contributed by atoms with van der Waals surface area (Å²) in [6.07, 6.45) is 4.09. The molecule has 4 rings (SSSR count). The third-order valence-electron chi connectivity index (χ3n) is 4.65. The van der Waals surface area contributed by atoms with Gasteiger partial charge in [-0.2, -0.15) is 0 Å². The second-order valence-electron chi connectivity index (χ2n) is 6.06. The first-order valence-electron chi connectivity index (χ1n) is 8.16. The van der Waals surface area contributed by atoms with Gasteiger partial charge in [-0.15, -0.1) is 12.4 Å². The summed E-state index contributed by atoms with van der Waals surface area (Å²) in [7, 11) is 1.87. The molecule has 0 bridgehead atoms. The molecule has 6 nitrogen and oxygen atoms in total. The predicted octanol–water partition coefficient (Wildman–Crippen LogP) is 2.81. The van der Waals surface area contributed by atoms with E-state index in [-0.39, 0.29) is 17.9 Å². The Kier molecular flexibility index (Phi) is 6.36. The van der Waals surface area contributed by atoms with Gasteiger partial charge >= 0.3 is 0 Å². The van der Waals surface area contributed by atoms with E-state index >= 15 is 0 Å². The van der Waals surface area contributed by atoms with Crippen molar-refractivity contribution in [3.8, 4) is 0 Å². The zero-order chi connectivity index (χ0) is 15.6. The first kappa shape index (κ1) is 19.2. The van der Waals surface area contributed by atoms with Crippen molar-refractivity contribution >= 4 is 29.4 Å². The molecule has 2 unspecified atom stereocenters. The topological polar surface area (TPSA) is 97.1 Å². The first-order chi connectivity index (χ1) is 11.3. The van der Waals surface area contributed by atoms with Crippen molar-refractivity contribution in [2.24, 2.45) is 0 Å². The van der Waals surface area contributed by atoms with Gasteiger partial charge in [0.05, 0.1) is 16.7 Å². The number of rotatable bonds is 3. The number of H-pyrrole nitrogens is 1. The lowest BCUT2D eigenvalue weighted by atomic mass is 9.86. The first-order valence-corrected chi connectivity index (χ1v) is 8.16. The van der Waals surface area contributed by atoms with Gasteiger partial charge < -0.3 is 21.1 Å². The number of anilines is 1. The molecule has 3 heterocycles. The second kappa shape index (κ2) is 8.29. The van der Waals surface area contributed by atoms with Gasteiger partial charge in [-0.1, -0.05) is 30.3 Å². The van der Waals surface area contributed by atoms with Crippen LogP contribution in [0.2, 0.25) is 0 Å². The van der Waals surface area contributed by atoms with Crippen molar-refractivity contribution in [2.45, 2.75) is 24.8 Å². The highest BCUT2D eigenvalue weighted by Crippen LogP contribution is 2.36. The van der Waals surface area contributed by atoms with Crippen LogP contribution in [0.15, 0.2) is 42.6 Å². The van der Waals surface area contributed by atoms with Crippen LogP contribution in [-0.4, -0.2) is 34.0 Å². The average molecular weight is 362 g/mol. The van der Waals surface area contributed by atoms with Crippen molar-refractivity contribution in [1.29, 1.82) is 0 Å².